The minimum absolute atomic E-state index is 0.0743. The number of amides is 2. The summed E-state index contributed by atoms with van der Waals surface area (Å²) in [6.07, 6.45) is 3.47. The van der Waals surface area contributed by atoms with Gasteiger partial charge in [0.25, 0.3) is 0 Å². The van der Waals surface area contributed by atoms with Crippen LogP contribution in [0.3, 0.4) is 0 Å². The first-order chi connectivity index (χ1) is 11.1. The molecule has 6 heteroatoms. The highest BCUT2D eigenvalue weighted by atomic mass is 32.1. The molecule has 0 saturated carbocycles. The number of benzene rings is 1. The number of hydrogen-bond acceptors (Lipinski definition) is 4. The van der Waals surface area contributed by atoms with Gasteiger partial charge >= 0.3 is 0 Å². The minimum Gasteiger partial charge on any atom is -0.331 e. The number of para-hydroxylation sites is 1. The summed E-state index contributed by atoms with van der Waals surface area (Å²) >= 11 is 1.46. The zero-order valence-corrected chi connectivity index (χ0v) is 14.3. The fraction of sp³-hybridized carbons (Fsp3) is 0.471. The number of carbonyl (C=O) groups is 2. The third-order valence-corrected chi connectivity index (χ3v) is 5.24. The summed E-state index contributed by atoms with van der Waals surface area (Å²) in [6.45, 7) is 4.45. The molecule has 0 radical (unpaired) electrons. The van der Waals surface area contributed by atoms with Crippen molar-refractivity contribution in [3.63, 3.8) is 0 Å². The standard InChI is InChI=1S/C17H21N3O2S/c1-11-7-6-8-13-15(11)18-17(23-13)19-16(22)12(2)20-10-5-3-4-9-14(20)21/h6-8,12H,3-5,9-10H2,1-2H3,(H,18,19,22). The number of nitrogens with one attached hydrogen (secondary N) is 1. The zero-order valence-electron chi connectivity index (χ0n) is 13.5. The Labute approximate surface area is 139 Å². The monoisotopic (exact) mass is 331 g/mol. The number of rotatable bonds is 3. The van der Waals surface area contributed by atoms with Crippen LogP contribution in [0.4, 0.5) is 5.13 Å². The smallest absolute Gasteiger partial charge is 0.248 e. The number of nitrogens with zero attached hydrogens (tertiary/aromatic N) is 2. The van der Waals surface area contributed by atoms with E-state index in [1.165, 1.54) is 11.3 Å². The molecule has 1 aromatic carbocycles. The van der Waals surface area contributed by atoms with Crippen LogP contribution in [0.15, 0.2) is 18.2 Å². The van der Waals surface area contributed by atoms with Gasteiger partial charge in [0.15, 0.2) is 5.13 Å². The summed E-state index contributed by atoms with van der Waals surface area (Å²) in [5, 5.41) is 3.46. The van der Waals surface area contributed by atoms with E-state index in [2.05, 4.69) is 10.3 Å². The molecule has 1 fully saturated rings. The van der Waals surface area contributed by atoms with Gasteiger partial charge in [-0.3, -0.25) is 9.59 Å². The van der Waals surface area contributed by atoms with Crippen molar-refractivity contribution in [2.45, 2.75) is 45.6 Å². The van der Waals surface area contributed by atoms with E-state index in [1.807, 2.05) is 25.1 Å². The molecule has 5 nitrogen and oxygen atoms in total. The van der Waals surface area contributed by atoms with Gasteiger partial charge in [-0.15, -0.1) is 0 Å². The Hall–Kier alpha value is -1.95. The third-order valence-electron chi connectivity index (χ3n) is 4.31. The van der Waals surface area contributed by atoms with E-state index in [9.17, 15) is 9.59 Å². The normalized spacial score (nSPS) is 17.1. The minimum atomic E-state index is -0.464. The van der Waals surface area contributed by atoms with Crippen LogP contribution in [-0.2, 0) is 9.59 Å². The molecular formula is C17H21N3O2S. The molecule has 0 aliphatic carbocycles. The number of carbonyl (C=O) groups excluding carboxylic acids is 2. The summed E-state index contributed by atoms with van der Waals surface area (Å²) in [6, 6.07) is 5.53. The first-order valence-corrected chi connectivity index (χ1v) is 8.84. The molecule has 2 amide bonds. The van der Waals surface area contributed by atoms with Crippen molar-refractivity contribution >= 4 is 38.5 Å². The van der Waals surface area contributed by atoms with Gasteiger partial charge in [0.2, 0.25) is 11.8 Å². The second-order valence-corrected chi connectivity index (χ2v) is 7.03. The van der Waals surface area contributed by atoms with E-state index in [0.29, 0.717) is 18.1 Å². The molecule has 1 saturated heterocycles. The van der Waals surface area contributed by atoms with Crippen LogP contribution in [0.25, 0.3) is 10.2 Å². The predicted octanol–water partition coefficient (Wildman–Crippen LogP) is 3.33. The maximum absolute atomic E-state index is 12.5. The number of anilines is 1. The van der Waals surface area contributed by atoms with Gasteiger partial charge in [0, 0.05) is 13.0 Å². The molecule has 1 aromatic heterocycles. The summed E-state index contributed by atoms with van der Waals surface area (Å²) in [7, 11) is 0. The molecule has 122 valence electrons. The lowest BCUT2D eigenvalue weighted by Crippen LogP contribution is -2.45. The predicted molar refractivity (Wildman–Crippen MR) is 92.6 cm³/mol. The van der Waals surface area contributed by atoms with Gasteiger partial charge < -0.3 is 10.2 Å². The van der Waals surface area contributed by atoms with E-state index in [1.54, 1.807) is 11.8 Å². The highest BCUT2D eigenvalue weighted by molar-refractivity contribution is 7.22. The van der Waals surface area contributed by atoms with Crippen molar-refractivity contribution in [1.82, 2.24) is 9.88 Å². The second kappa shape index (κ2) is 6.66. The van der Waals surface area contributed by atoms with Gasteiger partial charge in [0.05, 0.1) is 10.2 Å². The van der Waals surface area contributed by atoms with Crippen molar-refractivity contribution in [2.75, 3.05) is 11.9 Å². The summed E-state index contributed by atoms with van der Waals surface area (Å²) in [4.78, 5) is 30.8. The first kappa shape index (κ1) is 15.9. The number of fused-ring (bicyclic) bond motifs is 1. The molecule has 0 spiro atoms. The fourth-order valence-electron chi connectivity index (χ4n) is 2.90. The quantitative estimate of drug-likeness (QED) is 0.938. The molecule has 1 aliphatic heterocycles. The Morgan fingerprint density at radius 3 is 2.96 bits per heavy atom. The maximum atomic E-state index is 12.5. The van der Waals surface area contributed by atoms with Gasteiger partial charge in [-0.2, -0.15) is 0 Å². The van der Waals surface area contributed by atoms with Crippen LogP contribution in [0.2, 0.25) is 0 Å². The van der Waals surface area contributed by atoms with Gasteiger partial charge in [-0.05, 0) is 38.3 Å². The third kappa shape index (κ3) is 3.37. The Balaban J connectivity index is 1.74. The van der Waals surface area contributed by atoms with Crippen LogP contribution in [0, 0.1) is 6.92 Å². The van der Waals surface area contributed by atoms with E-state index >= 15 is 0 Å². The van der Waals surface area contributed by atoms with Crippen molar-refractivity contribution in [1.29, 1.82) is 0 Å². The Bertz CT molecular complexity index is 741. The SMILES string of the molecule is Cc1cccc2sc(NC(=O)C(C)N3CCCCCC3=O)nc12. The van der Waals surface area contributed by atoms with Gasteiger partial charge in [-0.1, -0.05) is 29.9 Å². The number of hydrogen-bond donors (Lipinski definition) is 1. The lowest BCUT2D eigenvalue weighted by molar-refractivity contribution is -0.137. The summed E-state index contributed by atoms with van der Waals surface area (Å²) < 4.78 is 1.05. The van der Waals surface area contributed by atoms with E-state index < -0.39 is 6.04 Å². The largest absolute Gasteiger partial charge is 0.331 e. The van der Waals surface area contributed by atoms with Crippen molar-refractivity contribution in [3.8, 4) is 0 Å². The van der Waals surface area contributed by atoms with E-state index in [4.69, 9.17) is 0 Å². The lowest BCUT2D eigenvalue weighted by Gasteiger charge is -2.26. The Morgan fingerprint density at radius 1 is 1.35 bits per heavy atom. The van der Waals surface area contributed by atoms with E-state index in [0.717, 1.165) is 35.0 Å². The molecule has 0 bridgehead atoms. The summed E-state index contributed by atoms with van der Waals surface area (Å²) in [5.41, 5.74) is 2.02. The average molecular weight is 331 g/mol. The number of aromatic nitrogens is 1. The highest BCUT2D eigenvalue weighted by Gasteiger charge is 2.27. The van der Waals surface area contributed by atoms with Crippen molar-refractivity contribution in [3.05, 3.63) is 23.8 Å². The lowest BCUT2D eigenvalue weighted by atomic mass is 10.2. The number of aryl methyl sites for hydroxylation is 1. The van der Waals surface area contributed by atoms with Crippen molar-refractivity contribution in [2.24, 2.45) is 0 Å². The van der Waals surface area contributed by atoms with Gasteiger partial charge in [0.1, 0.15) is 6.04 Å². The van der Waals surface area contributed by atoms with Crippen molar-refractivity contribution < 1.29 is 9.59 Å². The van der Waals surface area contributed by atoms with Crippen LogP contribution in [0.5, 0.6) is 0 Å². The van der Waals surface area contributed by atoms with Crippen LogP contribution in [-0.4, -0.2) is 34.3 Å². The zero-order chi connectivity index (χ0) is 16.4. The molecular weight excluding hydrogens is 310 g/mol. The molecule has 1 unspecified atom stereocenters. The highest BCUT2D eigenvalue weighted by Crippen LogP contribution is 2.28. The summed E-state index contributed by atoms with van der Waals surface area (Å²) in [5.74, 6) is -0.0951. The Kier molecular flexibility index (Phi) is 4.61. The molecule has 23 heavy (non-hydrogen) atoms. The van der Waals surface area contributed by atoms with E-state index in [-0.39, 0.29) is 11.8 Å². The second-order valence-electron chi connectivity index (χ2n) is 6.00. The maximum Gasteiger partial charge on any atom is 0.248 e. The number of thiazole rings is 1. The van der Waals surface area contributed by atoms with Crippen LogP contribution < -0.4 is 5.32 Å². The Morgan fingerprint density at radius 2 is 2.17 bits per heavy atom. The molecule has 1 atom stereocenters. The molecule has 1 N–H and O–H groups in total. The molecule has 3 rings (SSSR count). The molecule has 1 aliphatic rings. The van der Waals surface area contributed by atoms with Crippen LogP contribution in [0.1, 0.15) is 38.2 Å². The fourth-order valence-corrected chi connectivity index (χ4v) is 3.85. The topological polar surface area (TPSA) is 62.3 Å². The number of likely N-dealkylation sites (tertiary alicyclic amines) is 1. The van der Waals surface area contributed by atoms with Gasteiger partial charge in [-0.25, -0.2) is 4.98 Å². The average Bonchev–Trinajstić information content (AvgIpc) is 2.81. The molecule has 2 heterocycles. The molecule has 2 aromatic rings. The van der Waals surface area contributed by atoms with Crippen LogP contribution >= 0.6 is 11.3 Å². The first-order valence-electron chi connectivity index (χ1n) is 8.03.